The maximum atomic E-state index is 12.1. The van der Waals surface area contributed by atoms with E-state index < -0.39 is 6.04 Å². The molecule has 1 atom stereocenters. The molecule has 1 aromatic carbocycles. The molecule has 4 N–H and O–H groups in total. The lowest BCUT2D eigenvalue weighted by molar-refractivity contribution is -0.117. The van der Waals surface area contributed by atoms with Crippen molar-refractivity contribution in [1.29, 1.82) is 0 Å². The van der Waals surface area contributed by atoms with E-state index in [2.05, 4.69) is 15.3 Å². The Morgan fingerprint density at radius 1 is 1.32 bits per heavy atom. The number of hydrogen-bond donors (Lipinski definition) is 3. The Kier molecular flexibility index (Phi) is 7.80. The highest BCUT2D eigenvalue weighted by Gasteiger charge is 2.15. The van der Waals surface area contributed by atoms with Crippen LogP contribution in [0.1, 0.15) is 32.9 Å². The molecule has 0 aliphatic carbocycles. The van der Waals surface area contributed by atoms with E-state index in [1.165, 1.54) is 6.07 Å². The molecule has 7 heteroatoms. The molecule has 0 bridgehead atoms. The topological polar surface area (TPSA) is 101 Å². The van der Waals surface area contributed by atoms with Crippen molar-refractivity contribution in [3.63, 3.8) is 0 Å². The Balaban J connectivity index is 0.00000312. The molecule has 0 unspecified atom stereocenters. The number of aromatic nitrogens is 2. The van der Waals surface area contributed by atoms with Gasteiger partial charge in [0.25, 0.3) is 5.56 Å². The molecule has 1 amide bonds. The van der Waals surface area contributed by atoms with Gasteiger partial charge in [0.15, 0.2) is 0 Å². The molecule has 0 fully saturated rings. The van der Waals surface area contributed by atoms with Gasteiger partial charge in [0.2, 0.25) is 5.91 Å². The molecule has 0 radical (unpaired) electrons. The van der Waals surface area contributed by atoms with E-state index in [1.807, 2.05) is 26.8 Å². The van der Waals surface area contributed by atoms with Gasteiger partial charge in [-0.25, -0.2) is 4.98 Å². The minimum atomic E-state index is -0.546. The number of nitrogens with one attached hydrogen (secondary N) is 2. The molecular formula is C18H25ClN4O2. The van der Waals surface area contributed by atoms with E-state index in [1.54, 1.807) is 18.2 Å². The molecule has 0 aliphatic heterocycles. The van der Waals surface area contributed by atoms with Crippen LogP contribution in [0.3, 0.4) is 0 Å². The average molecular weight is 365 g/mol. The van der Waals surface area contributed by atoms with E-state index in [0.717, 1.165) is 11.3 Å². The third-order valence-electron chi connectivity index (χ3n) is 3.62. The number of aromatic amines is 1. The average Bonchev–Trinajstić information content (AvgIpc) is 2.53. The number of nitrogens with two attached hydrogens (primary N) is 1. The first kappa shape index (κ1) is 20.9. The van der Waals surface area contributed by atoms with Crippen LogP contribution >= 0.6 is 12.4 Å². The van der Waals surface area contributed by atoms with Gasteiger partial charge in [-0.3, -0.25) is 9.59 Å². The summed E-state index contributed by atoms with van der Waals surface area (Å²) in [4.78, 5) is 31.0. The Morgan fingerprint density at radius 3 is 2.68 bits per heavy atom. The number of rotatable bonds is 6. The zero-order chi connectivity index (χ0) is 17.7. The fraction of sp³-hybridized carbons (Fsp3) is 0.389. The maximum Gasteiger partial charge on any atom is 0.251 e. The lowest BCUT2D eigenvalue weighted by Gasteiger charge is -2.14. The lowest BCUT2D eigenvalue weighted by atomic mass is 10.0. The molecule has 1 heterocycles. The van der Waals surface area contributed by atoms with E-state index >= 15 is 0 Å². The highest BCUT2D eigenvalue weighted by atomic mass is 35.5. The van der Waals surface area contributed by atoms with Crippen molar-refractivity contribution in [2.75, 3.05) is 5.32 Å². The zero-order valence-electron chi connectivity index (χ0n) is 14.7. The van der Waals surface area contributed by atoms with Crippen LogP contribution in [0.25, 0.3) is 11.4 Å². The van der Waals surface area contributed by atoms with Crippen LogP contribution in [-0.4, -0.2) is 21.9 Å². The van der Waals surface area contributed by atoms with Gasteiger partial charge < -0.3 is 16.0 Å². The quantitative estimate of drug-likeness (QED) is 0.733. The van der Waals surface area contributed by atoms with Crippen LogP contribution in [0.2, 0.25) is 0 Å². The third kappa shape index (κ3) is 5.99. The van der Waals surface area contributed by atoms with Crippen molar-refractivity contribution in [2.24, 2.45) is 11.7 Å². The number of carbonyl (C=O) groups is 1. The molecule has 2 rings (SSSR count). The van der Waals surface area contributed by atoms with Crippen LogP contribution < -0.4 is 16.6 Å². The van der Waals surface area contributed by atoms with Crippen molar-refractivity contribution >= 4 is 24.0 Å². The number of anilines is 1. The molecule has 0 saturated heterocycles. The van der Waals surface area contributed by atoms with Crippen molar-refractivity contribution in [1.82, 2.24) is 9.97 Å². The smallest absolute Gasteiger partial charge is 0.251 e. The molecule has 6 nitrogen and oxygen atoms in total. The number of benzene rings is 1. The van der Waals surface area contributed by atoms with Crippen molar-refractivity contribution in [2.45, 2.75) is 39.7 Å². The Morgan fingerprint density at radius 2 is 2.04 bits per heavy atom. The number of amides is 1. The van der Waals surface area contributed by atoms with Crippen LogP contribution in [0.5, 0.6) is 0 Å². The second-order valence-electron chi connectivity index (χ2n) is 6.24. The summed E-state index contributed by atoms with van der Waals surface area (Å²) in [6.45, 7) is 5.99. The minimum Gasteiger partial charge on any atom is -0.325 e. The Bertz CT molecular complexity index is 774. The number of nitrogens with zero attached hydrogens (tertiary/aromatic N) is 1. The SMILES string of the molecule is CCc1cc(=O)[nH]c(-c2cccc(NC(=O)[C@@H](N)CC(C)C)c2)n1.Cl. The largest absolute Gasteiger partial charge is 0.325 e. The molecular weight excluding hydrogens is 340 g/mol. The van der Waals surface area contributed by atoms with E-state index in [4.69, 9.17) is 5.73 Å². The van der Waals surface area contributed by atoms with Crippen molar-refractivity contribution in [3.8, 4) is 11.4 Å². The summed E-state index contributed by atoms with van der Waals surface area (Å²) >= 11 is 0. The van der Waals surface area contributed by atoms with E-state index in [9.17, 15) is 9.59 Å². The van der Waals surface area contributed by atoms with Gasteiger partial charge in [-0.15, -0.1) is 12.4 Å². The second kappa shape index (κ2) is 9.34. The van der Waals surface area contributed by atoms with Gasteiger partial charge in [0, 0.05) is 23.0 Å². The van der Waals surface area contributed by atoms with Gasteiger partial charge in [0.1, 0.15) is 5.82 Å². The first-order valence-electron chi connectivity index (χ1n) is 8.16. The lowest BCUT2D eigenvalue weighted by Crippen LogP contribution is -2.36. The van der Waals surface area contributed by atoms with Crippen molar-refractivity contribution < 1.29 is 4.79 Å². The summed E-state index contributed by atoms with van der Waals surface area (Å²) < 4.78 is 0. The van der Waals surface area contributed by atoms with Crippen molar-refractivity contribution in [3.05, 3.63) is 46.4 Å². The van der Waals surface area contributed by atoms with E-state index in [0.29, 0.717) is 30.3 Å². The predicted molar refractivity (Wildman–Crippen MR) is 103 cm³/mol. The Hall–Kier alpha value is -2.18. The number of hydrogen-bond acceptors (Lipinski definition) is 4. The molecule has 0 spiro atoms. The molecule has 2 aromatic rings. The summed E-state index contributed by atoms with van der Waals surface area (Å²) in [5, 5.41) is 2.82. The fourth-order valence-electron chi connectivity index (χ4n) is 2.42. The first-order valence-corrected chi connectivity index (χ1v) is 8.16. The number of H-pyrrole nitrogens is 1. The van der Waals surface area contributed by atoms with Crippen LogP contribution in [0.15, 0.2) is 35.1 Å². The van der Waals surface area contributed by atoms with Gasteiger partial charge in [-0.2, -0.15) is 0 Å². The highest BCUT2D eigenvalue weighted by molar-refractivity contribution is 5.95. The maximum absolute atomic E-state index is 12.1. The Labute approximate surface area is 153 Å². The van der Waals surface area contributed by atoms with E-state index in [-0.39, 0.29) is 23.9 Å². The molecule has 0 aliphatic rings. The highest BCUT2D eigenvalue weighted by Crippen LogP contribution is 2.19. The summed E-state index contributed by atoms with van der Waals surface area (Å²) in [5.41, 5.74) is 7.80. The summed E-state index contributed by atoms with van der Waals surface area (Å²) in [7, 11) is 0. The second-order valence-corrected chi connectivity index (χ2v) is 6.24. The normalized spacial score (nSPS) is 11.7. The predicted octanol–water partition coefficient (Wildman–Crippen LogP) is 2.73. The first-order chi connectivity index (χ1) is 11.4. The van der Waals surface area contributed by atoms with Crippen LogP contribution in [0, 0.1) is 5.92 Å². The number of halogens is 1. The number of carbonyl (C=O) groups excluding carboxylic acids is 1. The molecule has 25 heavy (non-hydrogen) atoms. The minimum absolute atomic E-state index is 0. The summed E-state index contributed by atoms with van der Waals surface area (Å²) in [6, 6.07) is 8.14. The molecule has 136 valence electrons. The van der Waals surface area contributed by atoms with Gasteiger partial charge in [-0.1, -0.05) is 32.9 Å². The van der Waals surface area contributed by atoms with Crippen LogP contribution in [-0.2, 0) is 11.2 Å². The van der Waals surface area contributed by atoms with Gasteiger partial charge >= 0.3 is 0 Å². The van der Waals surface area contributed by atoms with Crippen LogP contribution in [0.4, 0.5) is 5.69 Å². The third-order valence-corrected chi connectivity index (χ3v) is 3.62. The van der Waals surface area contributed by atoms with Gasteiger partial charge in [0.05, 0.1) is 6.04 Å². The number of aryl methyl sites for hydroxylation is 1. The molecule has 0 saturated carbocycles. The monoisotopic (exact) mass is 364 g/mol. The standard InChI is InChI=1S/C18H24N4O2.ClH/c1-4-13-10-16(23)22-17(20-13)12-6-5-7-14(9-12)21-18(24)15(19)8-11(2)3;/h5-7,9-11,15H,4,8,19H2,1-3H3,(H,21,24)(H,20,22,23);1H/t15-;/m0./s1. The summed E-state index contributed by atoms with van der Waals surface area (Å²) in [6.07, 6.45) is 1.30. The van der Waals surface area contributed by atoms with Gasteiger partial charge in [-0.05, 0) is 30.9 Å². The fourth-order valence-corrected chi connectivity index (χ4v) is 2.42. The zero-order valence-corrected chi connectivity index (χ0v) is 15.5. The summed E-state index contributed by atoms with van der Waals surface area (Å²) in [5.74, 6) is 0.620. The molecule has 1 aromatic heterocycles.